The lowest BCUT2D eigenvalue weighted by molar-refractivity contribution is -0.140. The first kappa shape index (κ1) is 31.7. The van der Waals surface area contributed by atoms with Gasteiger partial charge in [-0.25, -0.2) is 4.79 Å². The molecule has 0 heterocycles. The summed E-state index contributed by atoms with van der Waals surface area (Å²) in [5.41, 5.74) is 0.554. The quantitative estimate of drug-likeness (QED) is 0.321. The largest absolute Gasteiger partial charge is 0.463 e. The first-order valence-corrected chi connectivity index (χ1v) is 13.9. The SMILES string of the molecule is CCOC(=O)C(C)=C[C@H](C(C)C)N(C)C(=O)[C@@H](NC(=O)C(SC)C(C)(C)c1ccccc1)C(C)(C)C. The Balaban J connectivity index is 3.28. The fraction of sp³-hybridized carbons (Fsp3) is 0.621. The molecule has 3 atom stereocenters. The van der Waals surface area contributed by atoms with Crippen LogP contribution in [-0.4, -0.2) is 59.9 Å². The zero-order valence-corrected chi connectivity index (χ0v) is 24.8. The minimum Gasteiger partial charge on any atom is -0.463 e. The van der Waals surface area contributed by atoms with Crippen LogP contribution in [0.25, 0.3) is 0 Å². The highest BCUT2D eigenvalue weighted by Gasteiger charge is 2.41. The van der Waals surface area contributed by atoms with Crippen molar-refractivity contribution in [3.05, 3.63) is 47.5 Å². The number of hydrogen-bond acceptors (Lipinski definition) is 5. The van der Waals surface area contributed by atoms with E-state index in [2.05, 4.69) is 19.2 Å². The van der Waals surface area contributed by atoms with Gasteiger partial charge in [0.1, 0.15) is 6.04 Å². The predicted molar refractivity (Wildman–Crippen MR) is 150 cm³/mol. The van der Waals surface area contributed by atoms with E-state index >= 15 is 0 Å². The minimum atomic E-state index is -0.742. The molecule has 1 unspecified atom stereocenters. The summed E-state index contributed by atoms with van der Waals surface area (Å²) >= 11 is 1.48. The van der Waals surface area contributed by atoms with Crippen molar-refractivity contribution in [2.75, 3.05) is 19.9 Å². The smallest absolute Gasteiger partial charge is 0.333 e. The highest BCUT2D eigenvalue weighted by molar-refractivity contribution is 8.00. The molecule has 0 aliphatic heterocycles. The lowest BCUT2D eigenvalue weighted by atomic mass is 9.80. The molecular formula is C29H46N2O4S. The van der Waals surface area contributed by atoms with Crippen molar-refractivity contribution >= 4 is 29.5 Å². The highest BCUT2D eigenvalue weighted by Crippen LogP contribution is 2.34. The maximum absolute atomic E-state index is 13.8. The molecule has 0 aliphatic carbocycles. The molecule has 0 aromatic heterocycles. The van der Waals surface area contributed by atoms with Crippen LogP contribution in [0, 0.1) is 11.3 Å². The van der Waals surface area contributed by atoms with Gasteiger partial charge in [0, 0.05) is 18.0 Å². The van der Waals surface area contributed by atoms with Crippen LogP contribution in [0.4, 0.5) is 0 Å². The van der Waals surface area contributed by atoms with Crippen molar-refractivity contribution in [2.45, 2.75) is 85.1 Å². The van der Waals surface area contributed by atoms with Gasteiger partial charge >= 0.3 is 5.97 Å². The van der Waals surface area contributed by atoms with Gasteiger partial charge in [-0.3, -0.25) is 9.59 Å². The van der Waals surface area contributed by atoms with Crippen molar-refractivity contribution in [1.82, 2.24) is 10.2 Å². The molecule has 0 saturated heterocycles. The van der Waals surface area contributed by atoms with Crippen molar-refractivity contribution in [3.8, 4) is 0 Å². The minimum absolute atomic E-state index is 0.0515. The molecule has 1 N–H and O–H groups in total. The van der Waals surface area contributed by atoms with Gasteiger partial charge in [-0.1, -0.05) is 84.9 Å². The van der Waals surface area contributed by atoms with E-state index in [4.69, 9.17) is 4.74 Å². The summed E-state index contributed by atoms with van der Waals surface area (Å²) in [7, 11) is 1.73. The number of carbonyl (C=O) groups excluding carboxylic acids is 3. The molecule has 1 aromatic carbocycles. The number of benzene rings is 1. The lowest BCUT2D eigenvalue weighted by Gasteiger charge is -2.39. The van der Waals surface area contributed by atoms with Crippen molar-refractivity contribution in [3.63, 3.8) is 0 Å². The van der Waals surface area contributed by atoms with Crippen LogP contribution in [0.1, 0.15) is 67.9 Å². The molecule has 6 nitrogen and oxygen atoms in total. The molecule has 0 fully saturated rings. The van der Waals surface area contributed by atoms with Gasteiger partial charge in [-0.15, -0.1) is 0 Å². The highest BCUT2D eigenvalue weighted by atomic mass is 32.2. The Morgan fingerprint density at radius 3 is 2.08 bits per heavy atom. The Bertz CT molecular complexity index is 919. The van der Waals surface area contributed by atoms with E-state index < -0.39 is 28.1 Å². The zero-order valence-electron chi connectivity index (χ0n) is 24.0. The Morgan fingerprint density at radius 1 is 1.08 bits per heavy atom. The first-order chi connectivity index (χ1) is 16.6. The molecule has 0 saturated carbocycles. The van der Waals surface area contributed by atoms with E-state index in [1.54, 1.807) is 31.9 Å². The Morgan fingerprint density at radius 2 is 1.64 bits per heavy atom. The van der Waals surface area contributed by atoms with Gasteiger partial charge in [0.25, 0.3) is 0 Å². The fourth-order valence-electron chi connectivity index (χ4n) is 4.29. The summed E-state index contributed by atoms with van der Waals surface area (Å²) in [6.07, 6.45) is 3.71. The molecule has 0 aliphatic rings. The van der Waals surface area contributed by atoms with Crippen LogP contribution in [0.2, 0.25) is 0 Å². The Labute approximate surface area is 222 Å². The third-order valence-corrected chi connectivity index (χ3v) is 7.82. The number of nitrogens with one attached hydrogen (secondary N) is 1. The lowest BCUT2D eigenvalue weighted by Crippen LogP contribution is -2.59. The maximum Gasteiger partial charge on any atom is 0.333 e. The van der Waals surface area contributed by atoms with E-state index in [0.29, 0.717) is 12.2 Å². The number of likely N-dealkylation sites (N-methyl/N-ethyl adjacent to an activating group) is 1. The van der Waals surface area contributed by atoms with Crippen LogP contribution >= 0.6 is 11.8 Å². The van der Waals surface area contributed by atoms with Gasteiger partial charge < -0.3 is 15.0 Å². The first-order valence-electron chi connectivity index (χ1n) is 12.6. The average Bonchev–Trinajstić information content (AvgIpc) is 2.80. The number of hydrogen-bond donors (Lipinski definition) is 1. The summed E-state index contributed by atoms with van der Waals surface area (Å²) in [5.74, 6) is -0.705. The van der Waals surface area contributed by atoms with Crippen LogP contribution in [0.5, 0.6) is 0 Å². The summed E-state index contributed by atoms with van der Waals surface area (Å²) < 4.78 is 5.12. The molecular weight excluding hydrogens is 472 g/mol. The van der Waals surface area contributed by atoms with E-state index in [1.165, 1.54) is 11.8 Å². The molecule has 1 rings (SSSR count). The van der Waals surface area contributed by atoms with Crippen LogP contribution in [0.15, 0.2) is 42.0 Å². The molecule has 7 heteroatoms. The second-order valence-corrected chi connectivity index (χ2v) is 12.2. The molecule has 2 amide bonds. The predicted octanol–water partition coefficient (Wildman–Crippen LogP) is 5.22. The maximum atomic E-state index is 13.8. The topological polar surface area (TPSA) is 75.7 Å². The van der Waals surface area contributed by atoms with Crippen molar-refractivity contribution < 1.29 is 19.1 Å². The molecule has 36 heavy (non-hydrogen) atoms. The molecule has 202 valence electrons. The average molecular weight is 519 g/mol. The number of rotatable bonds is 11. The monoisotopic (exact) mass is 518 g/mol. The number of thioether (sulfide) groups is 1. The molecule has 0 spiro atoms. The van der Waals surface area contributed by atoms with Crippen LogP contribution in [-0.2, 0) is 24.5 Å². The van der Waals surface area contributed by atoms with E-state index in [1.807, 2.05) is 71.2 Å². The summed E-state index contributed by atoms with van der Waals surface area (Å²) in [4.78, 5) is 41.3. The van der Waals surface area contributed by atoms with Gasteiger partial charge in [0.05, 0.1) is 17.9 Å². The van der Waals surface area contributed by atoms with Crippen LogP contribution < -0.4 is 5.32 Å². The molecule has 1 aromatic rings. The number of nitrogens with zero attached hydrogens (tertiary/aromatic N) is 1. The van der Waals surface area contributed by atoms with Gasteiger partial charge in [0.15, 0.2) is 0 Å². The van der Waals surface area contributed by atoms with Gasteiger partial charge in [0.2, 0.25) is 11.8 Å². The van der Waals surface area contributed by atoms with Gasteiger partial charge in [-0.05, 0) is 37.0 Å². The zero-order chi connectivity index (χ0) is 27.8. The number of amides is 2. The van der Waals surface area contributed by atoms with E-state index in [9.17, 15) is 14.4 Å². The second-order valence-electron chi connectivity index (χ2n) is 11.3. The molecule has 0 radical (unpaired) electrons. The third-order valence-electron chi connectivity index (χ3n) is 6.54. The Hall–Kier alpha value is -2.28. The standard InChI is InChI=1S/C29H46N2O4S/c1-12-35-27(34)20(4)18-22(19(2)3)31(10)26(33)23(28(5,6)7)30-25(32)24(36-11)29(8,9)21-16-14-13-15-17-21/h13-19,22-24H,12H2,1-11H3,(H,30,32)/t22-,23-,24?/m1/s1. The van der Waals surface area contributed by atoms with Crippen molar-refractivity contribution in [1.29, 1.82) is 0 Å². The van der Waals surface area contributed by atoms with E-state index in [0.717, 1.165) is 5.56 Å². The van der Waals surface area contributed by atoms with Gasteiger partial charge in [-0.2, -0.15) is 11.8 Å². The summed E-state index contributed by atoms with van der Waals surface area (Å²) in [6, 6.07) is 8.89. The second kappa shape index (κ2) is 13.3. The third kappa shape index (κ3) is 8.12. The van der Waals surface area contributed by atoms with Crippen molar-refractivity contribution in [2.24, 2.45) is 11.3 Å². The fourth-order valence-corrected chi connectivity index (χ4v) is 5.29. The van der Waals surface area contributed by atoms with E-state index in [-0.39, 0.29) is 23.8 Å². The summed E-state index contributed by atoms with van der Waals surface area (Å²) in [6.45, 7) is 17.7. The van der Waals surface area contributed by atoms with Crippen LogP contribution in [0.3, 0.4) is 0 Å². The number of carbonyl (C=O) groups is 3. The number of esters is 1. The Kier molecular flexibility index (Phi) is 11.7. The summed E-state index contributed by atoms with van der Waals surface area (Å²) in [5, 5.41) is 2.70. The molecule has 0 bridgehead atoms. The normalized spacial score (nSPS) is 15.2. The number of ether oxygens (including phenoxy) is 1.